The number of alkyl halides is 1. The standard InChI is InChI=1S/C18H19FN2O3S/c19-14-8-15(21(10-14)11-16-2-1-7-25-16)9-20-17(22)12-3-5-13(6-4-12)18(23)24/h1-7,14-15H,8-11H2,(H,20,22)(H,23,24)/t14-,15-/m0/s1. The fraction of sp³-hybridized carbons (Fsp3) is 0.333. The molecule has 0 radical (unpaired) electrons. The summed E-state index contributed by atoms with van der Waals surface area (Å²) in [6, 6.07) is 9.71. The number of carboxylic acid groups (broad SMARTS) is 1. The van der Waals surface area contributed by atoms with Gasteiger partial charge in [-0.2, -0.15) is 0 Å². The van der Waals surface area contributed by atoms with Gasteiger partial charge in [0.15, 0.2) is 0 Å². The number of rotatable bonds is 6. The minimum Gasteiger partial charge on any atom is -0.478 e. The third-order valence-electron chi connectivity index (χ3n) is 4.31. The van der Waals surface area contributed by atoms with Crippen LogP contribution in [0.5, 0.6) is 0 Å². The molecule has 0 saturated carbocycles. The SMILES string of the molecule is O=C(O)c1ccc(C(=O)NC[C@@H]2C[C@H](F)CN2Cc2cccs2)cc1. The average Bonchev–Trinajstić information content (AvgIpc) is 3.22. The van der Waals surface area contributed by atoms with Gasteiger partial charge in [-0.25, -0.2) is 9.18 Å². The summed E-state index contributed by atoms with van der Waals surface area (Å²) >= 11 is 1.64. The zero-order valence-electron chi connectivity index (χ0n) is 13.5. The van der Waals surface area contributed by atoms with E-state index in [9.17, 15) is 14.0 Å². The van der Waals surface area contributed by atoms with Gasteiger partial charge in [0.2, 0.25) is 0 Å². The molecular weight excluding hydrogens is 343 g/mol. The highest BCUT2D eigenvalue weighted by atomic mass is 32.1. The third-order valence-corrected chi connectivity index (χ3v) is 5.17. The van der Waals surface area contributed by atoms with E-state index in [2.05, 4.69) is 10.2 Å². The molecule has 0 spiro atoms. The number of nitrogens with one attached hydrogen (secondary N) is 1. The first-order valence-electron chi connectivity index (χ1n) is 8.05. The Hall–Kier alpha value is -2.25. The van der Waals surface area contributed by atoms with Crippen LogP contribution < -0.4 is 5.32 Å². The van der Waals surface area contributed by atoms with Gasteiger partial charge in [-0.05, 0) is 42.1 Å². The molecule has 1 aliphatic heterocycles. The molecule has 0 aliphatic carbocycles. The number of amides is 1. The van der Waals surface area contributed by atoms with Crippen LogP contribution in [0.15, 0.2) is 41.8 Å². The van der Waals surface area contributed by atoms with Gasteiger partial charge in [0.1, 0.15) is 6.17 Å². The first-order chi connectivity index (χ1) is 12.0. The summed E-state index contributed by atoms with van der Waals surface area (Å²) in [5.74, 6) is -1.31. The molecule has 2 atom stereocenters. The van der Waals surface area contributed by atoms with Crippen LogP contribution in [-0.2, 0) is 6.54 Å². The van der Waals surface area contributed by atoms with Gasteiger partial charge < -0.3 is 10.4 Å². The average molecular weight is 362 g/mol. The number of hydrogen-bond donors (Lipinski definition) is 2. The summed E-state index contributed by atoms with van der Waals surface area (Å²) in [6.45, 7) is 1.43. The maximum Gasteiger partial charge on any atom is 0.335 e. The van der Waals surface area contributed by atoms with E-state index < -0.39 is 12.1 Å². The second-order valence-electron chi connectivity index (χ2n) is 6.09. The molecule has 1 fully saturated rings. The number of nitrogens with zero attached hydrogens (tertiary/aromatic N) is 1. The van der Waals surface area contributed by atoms with Crippen molar-refractivity contribution in [1.29, 1.82) is 0 Å². The minimum absolute atomic E-state index is 0.0423. The summed E-state index contributed by atoms with van der Waals surface area (Å²) in [7, 11) is 0. The van der Waals surface area contributed by atoms with Crippen LogP contribution in [0, 0.1) is 0 Å². The van der Waals surface area contributed by atoms with E-state index in [1.807, 2.05) is 17.5 Å². The summed E-state index contributed by atoms with van der Waals surface area (Å²) < 4.78 is 13.8. The van der Waals surface area contributed by atoms with Gasteiger partial charge in [-0.1, -0.05) is 6.07 Å². The topological polar surface area (TPSA) is 69.6 Å². The molecule has 2 aromatic rings. The number of hydrogen-bond acceptors (Lipinski definition) is 4. The molecule has 5 nitrogen and oxygen atoms in total. The van der Waals surface area contributed by atoms with E-state index in [0.717, 1.165) is 0 Å². The van der Waals surface area contributed by atoms with Crippen LogP contribution in [0.2, 0.25) is 0 Å². The van der Waals surface area contributed by atoms with Crippen molar-refractivity contribution in [2.45, 2.75) is 25.2 Å². The first-order valence-corrected chi connectivity index (χ1v) is 8.93. The molecule has 25 heavy (non-hydrogen) atoms. The zero-order valence-corrected chi connectivity index (χ0v) is 14.3. The number of thiophene rings is 1. The van der Waals surface area contributed by atoms with Gasteiger partial charge in [-0.3, -0.25) is 9.69 Å². The van der Waals surface area contributed by atoms with Crippen molar-refractivity contribution in [3.63, 3.8) is 0 Å². The van der Waals surface area contributed by atoms with Crippen molar-refractivity contribution in [3.8, 4) is 0 Å². The van der Waals surface area contributed by atoms with Crippen LogP contribution in [0.1, 0.15) is 32.0 Å². The van der Waals surface area contributed by atoms with Crippen molar-refractivity contribution < 1.29 is 19.1 Å². The smallest absolute Gasteiger partial charge is 0.335 e. The van der Waals surface area contributed by atoms with Crippen LogP contribution in [0.3, 0.4) is 0 Å². The highest BCUT2D eigenvalue weighted by Crippen LogP contribution is 2.24. The number of halogens is 1. The van der Waals surface area contributed by atoms with E-state index in [4.69, 9.17) is 5.11 Å². The van der Waals surface area contributed by atoms with E-state index in [1.165, 1.54) is 29.1 Å². The number of carbonyl (C=O) groups excluding carboxylic acids is 1. The number of benzene rings is 1. The minimum atomic E-state index is -1.03. The van der Waals surface area contributed by atoms with Crippen molar-refractivity contribution in [2.24, 2.45) is 0 Å². The lowest BCUT2D eigenvalue weighted by Gasteiger charge is -2.23. The maximum absolute atomic E-state index is 13.8. The Labute approximate surface area is 149 Å². The number of aromatic carboxylic acids is 1. The summed E-state index contributed by atoms with van der Waals surface area (Å²) in [5, 5.41) is 13.7. The molecule has 2 heterocycles. The van der Waals surface area contributed by atoms with Gasteiger partial charge >= 0.3 is 5.97 Å². The molecule has 1 aromatic carbocycles. The molecular formula is C18H19FN2O3S. The van der Waals surface area contributed by atoms with Gasteiger partial charge in [0.25, 0.3) is 5.91 Å². The molecule has 1 saturated heterocycles. The Morgan fingerprint density at radius 1 is 1.24 bits per heavy atom. The lowest BCUT2D eigenvalue weighted by Crippen LogP contribution is -2.39. The Balaban J connectivity index is 1.57. The lowest BCUT2D eigenvalue weighted by atomic mass is 10.1. The molecule has 0 unspecified atom stereocenters. The van der Waals surface area contributed by atoms with E-state index in [0.29, 0.717) is 31.6 Å². The summed E-state index contributed by atoms with van der Waals surface area (Å²) in [6.07, 6.45) is -0.472. The molecule has 2 N–H and O–H groups in total. The van der Waals surface area contributed by atoms with Crippen LogP contribution in [-0.4, -0.2) is 47.2 Å². The first kappa shape index (κ1) is 17.6. The fourth-order valence-corrected chi connectivity index (χ4v) is 3.74. The lowest BCUT2D eigenvalue weighted by molar-refractivity contribution is 0.0696. The third kappa shape index (κ3) is 4.43. The van der Waals surface area contributed by atoms with Gasteiger partial charge in [0.05, 0.1) is 5.56 Å². The van der Waals surface area contributed by atoms with Crippen molar-refractivity contribution in [1.82, 2.24) is 10.2 Å². The van der Waals surface area contributed by atoms with E-state index >= 15 is 0 Å². The Morgan fingerprint density at radius 2 is 1.96 bits per heavy atom. The molecule has 1 amide bonds. The second-order valence-corrected chi connectivity index (χ2v) is 7.12. The van der Waals surface area contributed by atoms with E-state index in [-0.39, 0.29) is 17.5 Å². The van der Waals surface area contributed by atoms with Gasteiger partial charge in [0, 0.05) is 36.1 Å². The normalized spacial score (nSPS) is 20.5. The molecule has 0 bridgehead atoms. The monoisotopic (exact) mass is 362 g/mol. The molecule has 1 aromatic heterocycles. The highest BCUT2D eigenvalue weighted by Gasteiger charge is 2.32. The molecule has 132 valence electrons. The van der Waals surface area contributed by atoms with E-state index in [1.54, 1.807) is 11.3 Å². The van der Waals surface area contributed by atoms with Crippen LogP contribution in [0.25, 0.3) is 0 Å². The Bertz CT molecular complexity index is 733. The van der Waals surface area contributed by atoms with Gasteiger partial charge in [-0.15, -0.1) is 11.3 Å². The zero-order chi connectivity index (χ0) is 17.8. The van der Waals surface area contributed by atoms with Crippen molar-refractivity contribution in [2.75, 3.05) is 13.1 Å². The summed E-state index contributed by atoms with van der Waals surface area (Å²) in [5.41, 5.74) is 0.527. The number of carboxylic acids is 1. The number of carbonyl (C=O) groups is 2. The van der Waals surface area contributed by atoms with Crippen molar-refractivity contribution >= 4 is 23.2 Å². The quantitative estimate of drug-likeness (QED) is 0.829. The number of likely N-dealkylation sites (tertiary alicyclic amines) is 1. The van der Waals surface area contributed by atoms with Crippen molar-refractivity contribution in [3.05, 3.63) is 57.8 Å². The molecule has 7 heteroatoms. The molecule has 1 aliphatic rings. The summed E-state index contributed by atoms with van der Waals surface area (Å²) in [4.78, 5) is 26.3. The fourth-order valence-electron chi connectivity index (χ4n) is 3.01. The molecule has 3 rings (SSSR count). The highest BCUT2D eigenvalue weighted by molar-refractivity contribution is 7.09. The predicted octanol–water partition coefficient (Wildman–Crippen LogP) is 2.79. The Morgan fingerprint density at radius 3 is 2.60 bits per heavy atom. The predicted molar refractivity (Wildman–Crippen MR) is 93.8 cm³/mol. The second kappa shape index (κ2) is 7.76. The Kier molecular flexibility index (Phi) is 5.45. The van der Waals surface area contributed by atoms with Crippen LogP contribution in [0.4, 0.5) is 4.39 Å². The van der Waals surface area contributed by atoms with Crippen LogP contribution >= 0.6 is 11.3 Å². The maximum atomic E-state index is 13.8. The largest absolute Gasteiger partial charge is 0.478 e.